The molecule has 0 aromatic carbocycles. The quantitative estimate of drug-likeness (QED) is 0.743. The fraction of sp³-hybridized carbons (Fsp3) is 0.643. The Morgan fingerprint density at radius 1 is 1.35 bits per heavy atom. The van der Waals surface area contributed by atoms with Gasteiger partial charge in [0.05, 0.1) is 6.54 Å². The first-order valence-electron chi connectivity index (χ1n) is 6.19. The number of halogens is 1. The predicted octanol–water partition coefficient (Wildman–Crippen LogP) is 3.32. The molecule has 1 saturated heterocycles. The Morgan fingerprint density at radius 3 is 2.59 bits per heavy atom. The SMILES string of the molecule is CC1(F)CCN(c2cccc(C(C)(C)C)n2)C1. The Hall–Kier alpha value is -1.12. The molecule has 2 nitrogen and oxygen atoms in total. The lowest BCUT2D eigenvalue weighted by atomic mass is 9.92. The van der Waals surface area contributed by atoms with Crippen LogP contribution in [-0.2, 0) is 5.41 Å². The molecule has 1 aliphatic heterocycles. The number of nitrogens with zero attached hydrogens (tertiary/aromatic N) is 2. The second-order valence-corrected chi connectivity index (χ2v) is 6.22. The minimum atomic E-state index is -1.07. The maximum atomic E-state index is 13.8. The Kier molecular flexibility index (Phi) is 2.88. The molecule has 2 rings (SSSR count). The summed E-state index contributed by atoms with van der Waals surface area (Å²) in [5.74, 6) is 0.902. The van der Waals surface area contributed by atoms with E-state index in [0.717, 1.165) is 18.1 Å². The van der Waals surface area contributed by atoms with E-state index in [0.29, 0.717) is 13.0 Å². The lowest BCUT2D eigenvalue weighted by Gasteiger charge is -2.22. The van der Waals surface area contributed by atoms with E-state index in [1.807, 2.05) is 23.1 Å². The van der Waals surface area contributed by atoms with Gasteiger partial charge in [0.2, 0.25) is 0 Å². The summed E-state index contributed by atoms with van der Waals surface area (Å²) in [6, 6.07) is 6.02. The van der Waals surface area contributed by atoms with Crippen LogP contribution in [0.5, 0.6) is 0 Å². The molecular formula is C14H21FN2. The van der Waals surface area contributed by atoms with Crippen molar-refractivity contribution in [1.29, 1.82) is 0 Å². The zero-order valence-electron chi connectivity index (χ0n) is 11.1. The molecule has 0 amide bonds. The van der Waals surface area contributed by atoms with Gasteiger partial charge in [0, 0.05) is 24.1 Å². The minimum Gasteiger partial charge on any atom is -0.353 e. The average Bonchev–Trinajstić information content (AvgIpc) is 2.58. The summed E-state index contributed by atoms with van der Waals surface area (Å²) in [7, 11) is 0. The predicted molar refractivity (Wildman–Crippen MR) is 69.3 cm³/mol. The van der Waals surface area contributed by atoms with E-state index >= 15 is 0 Å². The largest absolute Gasteiger partial charge is 0.353 e. The minimum absolute atomic E-state index is 0.0365. The number of rotatable bonds is 1. The molecule has 0 radical (unpaired) electrons. The van der Waals surface area contributed by atoms with E-state index in [2.05, 4.69) is 25.8 Å². The smallest absolute Gasteiger partial charge is 0.128 e. The van der Waals surface area contributed by atoms with Crippen molar-refractivity contribution in [2.75, 3.05) is 18.0 Å². The van der Waals surface area contributed by atoms with E-state index in [1.165, 1.54) is 0 Å². The Labute approximate surface area is 103 Å². The first-order chi connectivity index (χ1) is 7.78. The van der Waals surface area contributed by atoms with Crippen molar-refractivity contribution in [1.82, 2.24) is 4.98 Å². The summed E-state index contributed by atoms with van der Waals surface area (Å²) in [6.07, 6.45) is 0.592. The van der Waals surface area contributed by atoms with Gasteiger partial charge in [-0.05, 0) is 19.1 Å². The van der Waals surface area contributed by atoms with Gasteiger partial charge < -0.3 is 4.90 Å². The monoisotopic (exact) mass is 236 g/mol. The van der Waals surface area contributed by atoms with Gasteiger partial charge in [0.1, 0.15) is 11.5 Å². The van der Waals surface area contributed by atoms with Gasteiger partial charge in [-0.15, -0.1) is 0 Å². The van der Waals surface area contributed by atoms with Gasteiger partial charge in [0.25, 0.3) is 0 Å². The molecule has 2 heterocycles. The molecule has 1 aliphatic rings. The highest BCUT2D eigenvalue weighted by Gasteiger charge is 2.34. The average molecular weight is 236 g/mol. The maximum absolute atomic E-state index is 13.8. The second kappa shape index (κ2) is 3.97. The molecule has 94 valence electrons. The van der Waals surface area contributed by atoms with Crippen LogP contribution in [0, 0.1) is 0 Å². The third-order valence-electron chi connectivity index (χ3n) is 3.25. The van der Waals surface area contributed by atoms with E-state index in [4.69, 9.17) is 0 Å². The van der Waals surface area contributed by atoms with Crippen molar-refractivity contribution in [2.24, 2.45) is 0 Å². The molecule has 1 unspecified atom stereocenters. The Bertz CT molecular complexity index is 407. The first kappa shape index (κ1) is 12.3. The molecule has 0 saturated carbocycles. The normalized spacial score (nSPS) is 25.4. The van der Waals surface area contributed by atoms with Crippen LogP contribution < -0.4 is 4.90 Å². The Balaban J connectivity index is 2.23. The fourth-order valence-corrected chi connectivity index (χ4v) is 2.14. The summed E-state index contributed by atoms with van der Waals surface area (Å²) in [5.41, 5.74) is 0.0243. The number of pyridine rings is 1. The molecule has 17 heavy (non-hydrogen) atoms. The summed E-state index contributed by atoms with van der Waals surface area (Å²) in [6.45, 7) is 9.30. The van der Waals surface area contributed by atoms with Crippen LogP contribution in [0.1, 0.15) is 39.8 Å². The fourth-order valence-electron chi connectivity index (χ4n) is 2.14. The lowest BCUT2D eigenvalue weighted by molar-refractivity contribution is 0.221. The summed E-state index contributed by atoms with van der Waals surface area (Å²) >= 11 is 0. The van der Waals surface area contributed by atoms with Crippen LogP contribution >= 0.6 is 0 Å². The van der Waals surface area contributed by atoms with Crippen LogP contribution in [0.3, 0.4) is 0 Å². The van der Waals surface area contributed by atoms with Crippen molar-refractivity contribution in [3.63, 3.8) is 0 Å². The molecule has 0 bridgehead atoms. The van der Waals surface area contributed by atoms with Gasteiger partial charge in [0.15, 0.2) is 0 Å². The van der Waals surface area contributed by atoms with Crippen molar-refractivity contribution in [2.45, 2.75) is 45.2 Å². The molecule has 1 aromatic heterocycles. The standard InChI is InChI=1S/C14H21FN2/c1-13(2,3)11-6-5-7-12(16-11)17-9-8-14(4,15)10-17/h5-7H,8-10H2,1-4H3. The summed E-state index contributed by atoms with van der Waals surface area (Å²) < 4.78 is 13.8. The Morgan fingerprint density at radius 2 is 2.06 bits per heavy atom. The molecule has 1 atom stereocenters. The van der Waals surface area contributed by atoms with Crippen molar-refractivity contribution < 1.29 is 4.39 Å². The molecule has 1 aromatic rings. The zero-order valence-corrected chi connectivity index (χ0v) is 11.1. The summed E-state index contributed by atoms with van der Waals surface area (Å²) in [5, 5.41) is 0. The van der Waals surface area contributed by atoms with Gasteiger partial charge in [-0.1, -0.05) is 26.8 Å². The number of hydrogen-bond acceptors (Lipinski definition) is 2. The van der Waals surface area contributed by atoms with Crippen LogP contribution in [-0.4, -0.2) is 23.7 Å². The molecule has 1 fully saturated rings. The number of anilines is 1. The van der Waals surface area contributed by atoms with Crippen LogP contribution in [0.2, 0.25) is 0 Å². The van der Waals surface area contributed by atoms with E-state index in [-0.39, 0.29) is 5.41 Å². The number of aromatic nitrogens is 1. The van der Waals surface area contributed by atoms with Gasteiger partial charge in [-0.2, -0.15) is 0 Å². The van der Waals surface area contributed by atoms with E-state index in [9.17, 15) is 4.39 Å². The highest BCUT2D eigenvalue weighted by molar-refractivity contribution is 5.42. The second-order valence-electron chi connectivity index (χ2n) is 6.22. The molecule has 3 heteroatoms. The maximum Gasteiger partial charge on any atom is 0.128 e. The molecular weight excluding hydrogens is 215 g/mol. The lowest BCUT2D eigenvalue weighted by Crippen LogP contribution is -2.27. The van der Waals surface area contributed by atoms with E-state index in [1.54, 1.807) is 6.92 Å². The van der Waals surface area contributed by atoms with Gasteiger partial charge >= 0.3 is 0 Å². The molecule has 0 N–H and O–H groups in total. The van der Waals surface area contributed by atoms with Crippen molar-refractivity contribution in [3.8, 4) is 0 Å². The topological polar surface area (TPSA) is 16.1 Å². The van der Waals surface area contributed by atoms with Crippen LogP contribution in [0.15, 0.2) is 18.2 Å². The number of alkyl halides is 1. The van der Waals surface area contributed by atoms with Crippen LogP contribution in [0.25, 0.3) is 0 Å². The molecule has 0 spiro atoms. The highest BCUT2D eigenvalue weighted by Crippen LogP contribution is 2.29. The van der Waals surface area contributed by atoms with Crippen molar-refractivity contribution >= 4 is 5.82 Å². The zero-order chi connectivity index (χ0) is 12.7. The van der Waals surface area contributed by atoms with Gasteiger partial charge in [-0.25, -0.2) is 9.37 Å². The van der Waals surface area contributed by atoms with E-state index < -0.39 is 5.67 Å². The number of hydrogen-bond donors (Lipinski definition) is 0. The third kappa shape index (κ3) is 2.76. The molecule has 0 aliphatic carbocycles. The third-order valence-corrected chi connectivity index (χ3v) is 3.25. The first-order valence-corrected chi connectivity index (χ1v) is 6.19. The van der Waals surface area contributed by atoms with Crippen molar-refractivity contribution in [3.05, 3.63) is 23.9 Å². The summed E-state index contributed by atoms with van der Waals surface area (Å²) in [4.78, 5) is 6.69. The van der Waals surface area contributed by atoms with Gasteiger partial charge in [-0.3, -0.25) is 0 Å². The van der Waals surface area contributed by atoms with Crippen LogP contribution in [0.4, 0.5) is 10.2 Å². The highest BCUT2D eigenvalue weighted by atomic mass is 19.1.